The molecule has 4 N–H and O–H groups in total. The highest BCUT2D eigenvalue weighted by molar-refractivity contribution is 7.89. The Hall–Kier alpha value is -1.75. The zero-order chi connectivity index (χ0) is 23.2. The first-order chi connectivity index (χ1) is 15.1. The van der Waals surface area contributed by atoms with Crippen molar-refractivity contribution in [2.75, 3.05) is 5.32 Å². The zero-order valence-corrected chi connectivity index (χ0v) is 19.4. The first-order valence-electron chi connectivity index (χ1n) is 10.9. The van der Waals surface area contributed by atoms with Crippen molar-refractivity contribution in [2.24, 2.45) is 5.73 Å². The van der Waals surface area contributed by atoms with Gasteiger partial charge in [-0.05, 0) is 56.7 Å². The molecule has 1 aromatic carbocycles. The lowest BCUT2D eigenvalue weighted by molar-refractivity contribution is -0.115. The fourth-order valence-corrected chi connectivity index (χ4v) is 7.45. The van der Waals surface area contributed by atoms with Crippen molar-refractivity contribution in [3.8, 4) is 0 Å². The Balaban J connectivity index is 1.43. The molecule has 0 unspecified atom stereocenters. The number of nitrogens with two attached hydrogens (primary N) is 1. The molecular formula is C21H28ClFN4O4S. The number of piperidine rings is 1. The predicted molar refractivity (Wildman–Crippen MR) is 120 cm³/mol. The number of rotatable bonds is 4. The quantitative estimate of drug-likeness (QED) is 0.564. The number of nitrogens with zero attached hydrogens (tertiary/aromatic N) is 1. The molecule has 8 nitrogen and oxygen atoms in total. The minimum Gasteiger partial charge on any atom is -0.349 e. The number of fused-ring (bicyclic) bond motifs is 1. The normalized spacial score (nSPS) is 31.1. The second-order valence-electron chi connectivity index (χ2n) is 9.05. The highest BCUT2D eigenvalue weighted by Gasteiger charge is 2.45. The van der Waals surface area contributed by atoms with Crippen molar-refractivity contribution >= 4 is 39.1 Å². The molecule has 1 aromatic rings. The van der Waals surface area contributed by atoms with Gasteiger partial charge in [0.25, 0.3) is 5.91 Å². The zero-order valence-electron chi connectivity index (χ0n) is 17.8. The Morgan fingerprint density at radius 2 is 1.94 bits per heavy atom. The lowest BCUT2D eigenvalue weighted by Crippen LogP contribution is -2.56. The van der Waals surface area contributed by atoms with Gasteiger partial charge in [0.2, 0.25) is 15.9 Å². The van der Waals surface area contributed by atoms with Crippen LogP contribution in [0.4, 0.5) is 10.1 Å². The van der Waals surface area contributed by atoms with Gasteiger partial charge in [0, 0.05) is 30.2 Å². The van der Waals surface area contributed by atoms with Crippen LogP contribution >= 0.6 is 11.6 Å². The van der Waals surface area contributed by atoms with Crippen molar-refractivity contribution in [3.05, 3.63) is 28.3 Å². The standard InChI is InChI=1S/C21H28ClFN4O4S/c1-11-6-14(9-19(23)27(11)32(30,31)15-4-2-13(24)3-5-15)25-21(29)16-7-12-8-20(28)26-18(12)10-17(16)22/h7,10-11,13-15,19H,2-6,8-9,24H2,1H3,(H,25,29)(H,26,28)/t11-,13?,14+,15?,19-/m0/s1. The molecular weight excluding hydrogens is 459 g/mol. The predicted octanol–water partition coefficient (Wildman–Crippen LogP) is 2.31. The SMILES string of the molecule is C[C@H]1C[C@@H](NC(=O)c2cc3c(cc2Cl)NC(=O)C3)C[C@@H](F)N1S(=O)(=O)C1CCC(N)CC1. The molecule has 4 rings (SSSR count). The van der Waals surface area contributed by atoms with Gasteiger partial charge in [-0.3, -0.25) is 9.59 Å². The Labute approximate surface area is 192 Å². The van der Waals surface area contributed by atoms with Crippen LogP contribution in [0.5, 0.6) is 0 Å². The molecule has 2 fully saturated rings. The van der Waals surface area contributed by atoms with Gasteiger partial charge >= 0.3 is 0 Å². The fourth-order valence-electron chi connectivity index (χ4n) is 5.00. The van der Waals surface area contributed by atoms with Gasteiger partial charge in [0.15, 0.2) is 6.30 Å². The molecule has 32 heavy (non-hydrogen) atoms. The molecule has 2 aliphatic heterocycles. The number of halogens is 2. The summed E-state index contributed by atoms with van der Waals surface area (Å²) in [4.78, 5) is 24.4. The second kappa shape index (κ2) is 8.89. The Morgan fingerprint density at radius 1 is 1.25 bits per heavy atom. The second-order valence-corrected chi connectivity index (χ2v) is 11.6. The van der Waals surface area contributed by atoms with Crippen LogP contribution in [0.15, 0.2) is 12.1 Å². The van der Waals surface area contributed by atoms with Crippen LogP contribution in [-0.4, -0.2) is 54.2 Å². The van der Waals surface area contributed by atoms with Crippen LogP contribution in [0, 0.1) is 0 Å². The first-order valence-corrected chi connectivity index (χ1v) is 12.8. The summed E-state index contributed by atoms with van der Waals surface area (Å²) in [5.41, 5.74) is 7.34. The van der Waals surface area contributed by atoms with Crippen LogP contribution in [0.2, 0.25) is 5.02 Å². The van der Waals surface area contributed by atoms with Crippen LogP contribution in [0.1, 0.15) is 61.4 Å². The minimum atomic E-state index is -3.80. The molecule has 3 aliphatic rings. The largest absolute Gasteiger partial charge is 0.349 e. The molecule has 3 atom stereocenters. The molecule has 1 saturated carbocycles. The number of benzene rings is 1. The third-order valence-electron chi connectivity index (χ3n) is 6.65. The van der Waals surface area contributed by atoms with E-state index >= 15 is 4.39 Å². The third kappa shape index (κ3) is 4.50. The number of carbonyl (C=O) groups excluding carboxylic acids is 2. The average Bonchev–Trinajstić information content (AvgIpc) is 3.05. The van der Waals surface area contributed by atoms with Gasteiger partial charge in [-0.2, -0.15) is 4.31 Å². The molecule has 176 valence electrons. The first kappa shape index (κ1) is 23.4. The van der Waals surface area contributed by atoms with E-state index in [2.05, 4.69) is 10.6 Å². The highest BCUT2D eigenvalue weighted by Crippen LogP contribution is 2.34. The van der Waals surface area contributed by atoms with E-state index in [0.717, 1.165) is 4.31 Å². The van der Waals surface area contributed by atoms with E-state index in [0.29, 0.717) is 43.4 Å². The number of carbonyl (C=O) groups is 2. The van der Waals surface area contributed by atoms with Crippen molar-refractivity contribution in [1.29, 1.82) is 0 Å². The molecule has 0 spiro atoms. The van der Waals surface area contributed by atoms with Gasteiger partial charge in [0.05, 0.1) is 22.3 Å². The monoisotopic (exact) mass is 486 g/mol. The van der Waals surface area contributed by atoms with Crippen LogP contribution in [-0.2, 0) is 21.2 Å². The van der Waals surface area contributed by atoms with E-state index in [1.54, 1.807) is 13.0 Å². The van der Waals surface area contributed by atoms with Gasteiger partial charge < -0.3 is 16.4 Å². The number of amides is 2. The summed E-state index contributed by atoms with van der Waals surface area (Å²) in [7, 11) is -3.80. The number of nitrogens with one attached hydrogen (secondary N) is 2. The summed E-state index contributed by atoms with van der Waals surface area (Å²) in [6.07, 6.45) is 0.710. The van der Waals surface area contributed by atoms with Gasteiger partial charge in [-0.1, -0.05) is 11.6 Å². The maximum Gasteiger partial charge on any atom is 0.253 e. The average molecular weight is 487 g/mol. The molecule has 2 heterocycles. The topological polar surface area (TPSA) is 122 Å². The van der Waals surface area contributed by atoms with E-state index in [1.807, 2.05) is 0 Å². The maximum absolute atomic E-state index is 15.1. The van der Waals surface area contributed by atoms with Crippen molar-refractivity contribution in [3.63, 3.8) is 0 Å². The van der Waals surface area contributed by atoms with Gasteiger partial charge in [-0.15, -0.1) is 0 Å². The molecule has 0 bridgehead atoms. The Morgan fingerprint density at radius 3 is 2.59 bits per heavy atom. The fraction of sp³-hybridized carbons (Fsp3) is 0.619. The molecule has 0 radical (unpaired) electrons. The van der Waals surface area contributed by atoms with Crippen molar-refractivity contribution < 1.29 is 22.4 Å². The smallest absolute Gasteiger partial charge is 0.253 e. The maximum atomic E-state index is 15.1. The molecule has 0 aromatic heterocycles. The van der Waals surface area contributed by atoms with Gasteiger partial charge in [-0.25, -0.2) is 12.8 Å². The number of sulfonamides is 1. The highest BCUT2D eigenvalue weighted by atomic mass is 35.5. The number of anilines is 1. The van der Waals surface area contributed by atoms with E-state index < -0.39 is 39.6 Å². The van der Waals surface area contributed by atoms with Crippen molar-refractivity contribution in [1.82, 2.24) is 9.62 Å². The summed E-state index contributed by atoms with van der Waals surface area (Å²) >= 11 is 6.22. The van der Waals surface area contributed by atoms with E-state index in [9.17, 15) is 18.0 Å². The minimum absolute atomic E-state index is 0.000869. The van der Waals surface area contributed by atoms with E-state index in [4.69, 9.17) is 17.3 Å². The van der Waals surface area contributed by atoms with E-state index in [-0.39, 0.29) is 35.4 Å². The Bertz CT molecular complexity index is 1020. The number of hydrogen-bond acceptors (Lipinski definition) is 5. The Kier molecular flexibility index (Phi) is 6.50. The number of hydrogen-bond donors (Lipinski definition) is 3. The summed E-state index contributed by atoms with van der Waals surface area (Å²) in [6, 6.07) is 1.96. The third-order valence-corrected chi connectivity index (χ3v) is 9.45. The van der Waals surface area contributed by atoms with Crippen LogP contribution in [0.3, 0.4) is 0 Å². The molecule has 1 aliphatic carbocycles. The van der Waals surface area contributed by atoms with Crippen LogP contribution in [0.25, 0.3) is 0 Å². The summed E-state index contributed by atoms with van der Waals surface area (Å²) in [5, 5.41) is 5.03. The summed E-state index contributed by atoms with van der Waals surface area (Å²) in [6.45, 7) is 1.66. The molecule has 1 saturated heterocycles. The molecule has 2 amide bonds. The summed E-state index contributed by atoms with van der Waals surface area (Å²) in [5.74, 6) is -0.643. The van der Waals surface area contributed by atoms with Crippen LogP contribution < -0.4 is 16.4 Å². The van der Waals surface area contributed by atoms with Gasteiger partial charge in [0.1, 0.15) is 0 Å². The van der Waals surface area contributed by atoms with E-state index in [1.165, 1.54) is 6.07 Å². The number of alkyl halides is 1. The lowest BCUT2D eigenvalue weighted by atomic mass is 9.96. The van der Waals surface area contributed by atoms with Crippen molar-refractivity contribution in [2.45, 2.75) is 81.5 Å². The lowest BCUT2D eigenvalue weighted by Gasteiger charge is -2.41. The summed E-state index contributed by atoms with van der Waals surface area (Å²) < 4.78 is 42.3. The molecule has 11 heteroatoms.